The Bertz CT molecular complexity index is 703. The fourth-order valence-electron chi connectivity index (χ4n) is 3.12. The van der Waals surface area contributed by atoms with Crippen molar-refractivity contribution < 1.29 is 23.7 Å². The Morgan fingerprint density at radius 2 is 1.67 bits per heavy atom. The van der Waals surface area contributed by atoms with Gasteiger partial charge in [-0.15, -0.1) is 0 Å². The van der Waals surface area contributed by atoms with Crippen LogP contribution < -0.4 is 0 Å². The molecule has 1 saturated heterocycles. The number of benzene rings is 2. The highest BCUT2D eigenvalue weighted by molar-refractivity contribution is 5.66. The molecule has 0 saturated carbocycles. The maximum absolute atomic E-state index is 11.6. The van der Waals surface area contributed by atoms with Crippen molar-refractivity contribution in [2.24, 2.45) is 0 Å². The SMILES string of the molecule is CC(=O)OC1(OCc2ccccc2)CCCC(COCc2ccccc2)O1. The monoisotopic (exact) mass is 370 g/mol. The van der Waals surface area contributed by atoms with Gasteiger partial charge in [0.25, 0.3) is 0 Å². The number of carbonyl (C=O) groups excluding carboxylic acids is 1. The Labute approximate surface area is 160 Å². The van der Waals surface area contributed by atoms with Crippen LogP contribution in [0.25, 0.3) is 0 Å². The van der Waals surface area contributed by atoms with Gasteiger partial charge in [0, 0.05) is 13.3 Å². The molecule has 0 N–H and O–H groups in total. The lowest BCUT2D eigenvalue weighted by Gasteiger charge is -2.39. The molecule has 1 aliphatic heterocycles. The van der Waals surface area contributed by atoms with Crippen LogP contribution in [0.5, 0.6) is 0 Å². The molecule has 0 radical (unpaired) electrons. The van der Waals surface area contributed by atoms with Crippen molar-refractivity contribution in [1.82, 2.24) is 0 Å². The minimum atomic E-state index is -1.35. The summed E-state index contributed by atoms with van der Waals surface area (Å²) in [6, 6.07) is 19.8. The predicted octanol–water partition coefficient (Wildman–Crippen LogP) is 4.21. The summed E-state index contributed by atoms with van der Waals surface area (Å²) in [5.74, 6) is -1.77. The molecule has 0 aliphatic carbocycles. The third kappa shape index (κ3) is 6.17. The Kier molecular flexibility index (Phi) is 6.98. The van der Waals surface area contributed by atoms with Crippen molar-refractivity contribution in [1.29, 1.82) is 0 Å². The normalized spacial score (nSPS) is 22.3. The van der Waals surface area contributed by atoms with Gasteiger partial charge in [0.05, 0.1) is 25.9 Å². The first-order valence-corrected chi connectivity index (χ1v) is 9.32. The second-order valence-electron chi connectivity index (χ2n) is 6.68. The highest BCUT2D eigenvalue weighted by atomic mass is 16.9. The fourth-order valence-corrected chi connectivity index (χ4v) is 3.12. The lowest BCUT2D eigenvalue weighted by molar-refractivity contribution is -0.397. The Morgan fingerprint density at radius 3 is 2.30 bits per heavy atom. The molecule has 1 heterocycles. The first kappa shape index (κ1) is 19.5. The van der Waals surface area contributed by atoms with Gasteiger partial charge in [-0.3, -0.25) is 4.79 Å². The summed E-state index contributed by atoms with van der Waals surface area (Å²) in [6.07, 6.45) is 2.00. The number of hydrogen-bond acceptors (Lipinski definition) is 5. The summed E-state index contributed by atoms with van der Waals surface area (Å²) in [7, 11) is 0. The molecule has 1 aliphatic rings. The van der Waals surface area contributed by atoms with Crippen LogP contribution in [0, 0.1) is 0 Å². The van der Waals surface area contributed by atoms with Crippen molar-refractivity contribution in [3.05, 3.63) is 71.8 Å². The van der Waals surface area contributed by atoms with Gasteiger partial charge in [-0.05, 0) is 24.0 Å². The zero-order valence-electron chi connectivity index (χ0n) is 15.6. The molecule has 1 fully saturated rings. The van der Waals surface area contributed by atoms with Crippen LogP contribution >= 0.6 is 0 Å². The first-order chi connectivity index (χ1) is 13.2. The summed E-state index contributed by atoms with van der Waals surface area (Å²) < 4.78 is 23.3. The van der Waals surface area contributed by atoms with E-state index in [9.17, 15) is 4.79 Å². The second-order valence-corrected chi connectivity index (χ2v) is 6.68. The second kappa shape index (κ2) is 9.65. The molecule has 5 heteroatoms. The quantitative estimate of drug-likeness (QED) is 0.515. The van der Waals surface area contributed by atoms with Crippen LogP contribution in [0.4, 0.5) is 0 Å². The molecule has 3 rings (SSSR count). The van der Waals surface area contributed by atoms with Gasteiger partial charge in [0.15, 0.2) is 0 Å². The van der Waals surface area contributed by atoms with Crippen LogP contribution in [-0.4, -0.2) is 24.7 Å². The van der Waals surface area contributed by atoms with Crippen LogP contribution in [0.15, 0.2) is 60.7 Å². The van der Waals surface area contributed by atoms with Crippen molar-refractivity contribution >= 4 is 5.97 Å². The van der Waals surface area contributed by atoms with Gasteiger partial charge in [0.2, 0.25) is 0 Å². The van der Waals surface area contributed by atoms with Gasteiger partial charge in [-0.25, -0.2) is 0 Å². The van der Waals surface area contributed by atoms with E-state index in [-0.39, 0.29) is 6.10 Å². The van der Waals surface area contributed by atoms with E-state index in [0.29, 0.717) is 26.2 Å². The summed E-state index contributed by atoms with van der Waals surface area (Å²) >= 11 is 0. The Morgan fingerprint density at radius 1 is 1.04 bits per heavy atom. The Hall–Kier alpha value is -2.21. The smallest absolute Gasteiger partial charge is 0.329 e. The minimum Gasteiger partial charge on any atom is -0.408 e. The van der Waals surface area contributed by atoms with E-state index in [1.807, 2.05) is 60.7 Å². The van der Waals surface area contributed by atoms with E-state index in [1.165, 1.54) is 6.92 Å². The van der Waals surface area contributed by atoms with Crippen LogP contribution in [0.3, 0.4) is 0 Å². The molecule has 2 aromatic carbocycles. The van der Waals surface area contributed by atoms with Crippen LogP contribution in [0.2, 0.25) is 0 Å². The van der Waals surface area contributed by atoms with E-state index < -0.39 is 11.9 Å². The molecule has 0 bridgehead atoms. The lowest BCUT2D eigenvalue weighted by Crippen LogP contribution is -2.47. The van der Waals surface area contributed by atoms with Crippen molar-refractivity contribution in [2.75, 3.05) is 6.61 Å². The number of rotatable bonds is 8. The van der Waals surface area contributed by atoms with Crippen molar-refractivity contribution in [3.8, 4) is 0 Å². The molecular formula is C22H26O5. The average Bonchev–Trinajstić information content (AvgIpc) is 2.68. The van der Waals surface area contributed by atoms with E-state index in [1.54, 1.807) is 0 Å². The molecule has 2 unspecified atom stereocenters. The summed E-state index contributed by atoms with van der Waals surface area (Å²) in [5, 5.41) is 0. The largest absolute Gasteiger partial charge is 0.408 e. The molecule has 0 amide bonds. The molecule has 0 spiro atoms. The van der Waals surface area contributed by atoms with Gasteiger partial charge >= 0.3 is 11.9 Å². The van der Waals surface area contributed by atoms with E-state index in [4.69, 9.17) is 18.9 Å². The third-order valence-electron chi connectivity index (χ3n) is 4.37. The molecule has 5 nitrogen and oxygen atoms in total. The average molecular weight is 370 g/mol. The van der Waals surface area contributed by atoms with Gasteiger partial charge in [-0.1, -0.05) is 60.7 Å². The molecule has 27 heavy (non-hydrogen) atoms. The fraction of sp³-hybridized carbons (Fsp3) is 0.409. The first-order valence-electron chi connectivity index (χ1n) is 9.32. The Balaban J connectivity index is 1.56. The highest BCUT2D eigenvalue weighted by Crippen LogP contribution is 2.32. The summed E-state index contributed by atoms with van der Waals surface area (Å²) in [4.78, 5) is 11.6. The lowest BCUT2D eigenvalue weighted by atomic mass is 10.1. The van der Waals surface area contributed by atoms with Crippen LogP contribution in [-0.2, 0) is 37.0 Å². The van der Waals surface area contributed by atoms with E-state index in [0.717, 1.165) is 24.0 Å². The standard InChI is InChI=1S/C22H26O5/c1-18(23)26-22(25-16-20-11-6-3-7-12-20)14-8-13-21(27-22)17-24-15-19-9-4-2-5-10-19/h2-7,9-12,21H,8,13-17H2,1H3. The number of ether oxygens (including phenoxy) is 4. The molecule has 2 aromatic rings. The van der Waals surface area contributed by atoms with Crippen LogP contribution in [0.1, 0.15) is 37.3 Å². The number of esters is 1. The zero-order valence-corrected chi connectivity index (χ0v) is 15.6. The molecule has 2 atom stereocenters. The highest BCUT2D eigenvalue weighted by Gasteiger charge is 2.42. The maximum atomic E-state index is 11.6. The van der Waals surface area contributed by atoms with Crippen molar-refractivity contribution in [2.45, 2.75) is 51.5 Å². The topological polar surface area (TPSA) is 54.0 Å². The van der Waals surface area contributed by atoms with Gasteiger partial charge in [-0.2, -0.15) is 0 Å². The number of carbonyl (C=O) groups is 1. The zero-order chi connectivity index (χ0) is 19.0. The molecule has 0 aromatic heterocycles. The summed E-state index contributed by atoms with van der Waals surface area (Å²) in [6.45, 7) is 2.62. The van der Waals surface area contributed by atoms with E-state index >= 15 is 0 Å². The predicted molar refractivity (Wildman–Crippen MR) is 101 cm³/mol. The molecule has 144 valence electrons. The maximum Gasteiger partial charge on any atom is 0.329 e. The summed E-state index contributed by atoms with van der Waals surface area (Å²) in [5.41, 5.74) is 2.11. The number of hydrogen-bond donors (Lipinski definition) is 0. The van der Waals surface area contributed by atoms with Gasteiger partial charge < -0.3 is 18.9 Å². The van der Waals surface area contributed by atoms with E-state index in [2.05, 4.69) is 0 Å². The third-order valence-corrected chi connectivity index (χ3v) is 4.37. The van der Waals surface area contributed by atoms with Crippen molar-refractivity contribution in [3.63, 3.8) is 0 Å². The minimum absolute atomic E-state index is 0.183. The van der Waals surface area contributed by atoms with Gasteiger partial charge in [0.1, 0.15) is 0 Å². The molecular weight excluding hydrogens is 344 g/mol.